The van der Waals surface area contributed by atoms with Crippen LogP contribution in [0.25, 0.3) is 0 Å². The van der Waals surface area contributed by atoms with Gasteiger partial charge >= 0.3 is 0 Å². The van der Waals surface area contributed by atoms with Crippen LogP contribution in [0.15, 0.2) is 42.5 Å². The topological polar surface area (TPSA) is 47.6 Å². The van der Waals surface area contributed by atoms with Gasteiger partial charge in [-0.2, -0.15) is 0 Å². The van der Waals surface area contributed by atoms with E-state index in [0.717, 1.165) is 22.6 Å². The number of aryl methyl sites for hydroxylation is 2. The van der Waals surface area contributed by atoms with Crippen molar-refractivity contribution in [3.8, 4) is 11.5 Å². The summed E-state index contributed by atoms with van der Waals surface area (Å²) in [5.74, 6) is 1.35. The van der Waals surface area contributed by atoms with Crippen molar-refractivity contribution in [3.05, 3.63) is 59.2 Å². The Hall–Kier alpha value is -2.49. The van der Waals surface area contributed by atoms with Gasteiger partial charge in [0.25, 0.3) is 5.91 Å². The predicted molar refractivity (Wildman–Crippen MR) is 100 cm³/mol. The minimum Gasteiger partial charge on any atom is -0.496 e. The summed E-state index contributed by atoms with van der Waals surface area (Å²) >= 11 is 0. The molecule has 0 saturated heterocycles. The van der Waals surface area contributed by atoms with E-state index in [1.807, 2.05) is 63.2 Å². The number of ether oxygens (including phenoxy) is 2. The van der Waals surface area contributed by atoms with E-state index in [-0.39, 0.29) is 11.9 Å². The van der Waals surface area contributed by atoms with Gasteiger partial charge in [-0.25, -0.2) is 0 Å². The first kappa shape index (κ1) is 18.8. The lowest BCUT2D eigenvalue weighted by Gasteiger charge is -2.22. The Morgan fingerprint density at radius 3 is 2.48 bits per heavy atom. The monoisotopic (exact) mass is 341 g/mol. The molecule has 0 heterocycles. The average Bonchev–Trinajstić information content (AvgIpc) is 2.62. The highest BCUT2D eigenvalue weighted by Gasteiger charge is 2.22. The van der Waals surface area contributed by atoms with Gasteiger partial charge in [0.2, 0.25) is 0 Å². The molecule has 4 nitrogen and oxygen atoms in total. The second kappa shape index (κ2) is 8.56. The number of methoxy groups -OCH3 is 1. The highest BCUT2D eigenvalue weighted by molar-refractivity contribution is 5.81. The van der Waals surface area contributed by atoms with Crippen LogP contribution < -0.4 is 14.8 Å². The van der Waals surface area contributed by atoms with Gasteiger partial charge in [0.1, 0.15) is 11.5 Å². The van der Waals surface area contributed by atoms with Crippen LogP contribution in [0.3, 0.4) is 0 Å². The summed E-state index contributed by atoms with van der Waals surface area (Å²) in [5.41, 5.74) is 3.30. The fraction of sp³-hybridized carbons (Fsp3) is 0.381. The lowest BCUT2D eigenvalue weighted by Crippen LogP contribution is -2.39. The normalized spacial score (nSPS) is 13.0. The van der Waals surface area contributed by atoms with Crippen LogP contribution in [0.4, 0.5) is 0 Å². The molecule has 0 radical (unpaired) electrons. The molecule has 0 aliphatic rings. The molecule has 0 aliphatic heterocycles. The van der Waals surface area contributed by atoms with Crippen LogP contribution in [-0.4, -0.2) is 19.1 Å². The van der Waals surface area contributed by atoms with Crippen molar-refractivity contribution < 1.29 is 14.3 Å². The molecule has 2 atom stereocenters. The Kier molecular flexibility index (Phi) is 6.45. The molecule has 0 aliphatic carbocycles. The predicted octanol–water partition coefficient (Wildman–Crippen LogP) is 4.35. The highest BCUT2D eigenvalue weighted by Crippen LogP contribution is 2.25. The third-order valence-corrected chi connectivity index (χ3v) is 4.38. The van der Waals surface area contributed by atoms with E-state index < -0.39 is 6.10 Å². The fourth-order valence-electron chi connectivity index (χ4n) is 2.68. The highest BCUT2D eigenvalue weighted by atomic mass is 16.5. The number of nitrogens with one attached hydrogen (secondary N) is 1. The molecule has 0 saturated carbocycles. The zero-order valence-electron chi connectivity index (χ0n) is 15.6. The van der Waals surface area contributed by atoms with E-state index in [0.29, 0.717) is 6.42 Å². The van der Waals surface area contributed by atoms with E-state index in [1.54, 1.807) is 7.11 Å². The summed E-state index contributed by atoms with van der Waals surface area (Å²) in [7, 11) is 1.63. The van der Waals surface area contributed by atoms with Crippen LogP contribution in [-0.2, 0) is 4.79 Å². The largest absolute Gasteiger partial charge is 0.496 e. The molecule has 25 heavy (non-hydrogen) atoms. The van der Waals surface area contributed by atoms with Crippen molar-refractivity contribution in [2.75, 3.05) is 7.11 Å². The van der Waals surface area contributed by atoms with Crippen molar-refractivity contribution >= 4 is 5.91 Å². The lowest BCUT2D eigenvalue weighted by molar-refractivity contribution is -0.128. The minimum atomic E-state index is -0.528. The standard InChI is InChI=1S/C21H27NO3/c1-6-19(25-17-12-11-14(2)15(3)13-17)21(23)22-16(4)18-9-7-8-10-20(18)24-5/h7-13,16,19H,6H2,1-5H3,(H,22,23)/t16-,19+/m1/s1. The van der Waals surface area contributed by atoms with Crippen LogP contribution in [0.1, 0.15) is 43.0 Å². The molecule has 1 N–H and O–H groups in total. The van der Waals surface area contributed by atoms with Gasteiger partial charge in [-0.05, 0) is 56.5 Å². The van der Waals surface area contributed by atoms with Gasteiger partial charge in [0.05, 0.1) is 13.2 Å². The van der Waals surface area contributed by atoms with Gasteiger partial charge in [-0.3, -0.25) is 4.79 Å². The van der Waals surface area contributed by atoms with Crippen molar-refractivity contribution in [2.45, 2.75) is 46.3 Å². The lowest BCUT2D eigenvalue weighted by atomic mass is 10.1. The SMILES string of the molecule is CC[C@H](Oc1ccc(C)c(C)c1)C(=O)N[C@H](C)c1ccccc1OC. The van der Waals surface area contributed by atoms with Crippen molar-refractivity contribution in [1.29, 1.82) is 0 Å². The van der Waals surface area contributed by atoms with E-state index >= 15 is 0 Å². The number of carbonyl (C=O) groups excluding carboxylic acids is 1. The second-order valence-electron chi connectivity index (χ2n) is 6.23. The zero-order chi connectivity index (χ0) is 18.4. The van der Waals surface area contributed by atoms with Gasteiger partial charge in [-0.1, -0.05) is 31.2 Å². The molecule has 0 unspecified atom stereocenters. The Bertz CT molecular complexity index is 727. The van der Waals surface area contributed by atoms with Crippen molar-refractivity contribution in [2.24, 2.45) is 0 Å². The second-order valence-corrected chi connectivity index (χ2v) is 6.23. The summed E-state index contributed by atoms with van der Waals surface area (Å²) in [4.78, 5) is 12.6. The molecular weight excluding hydrogens is 314 g/mol. The summed E-state index contributed by atoms with van der Waals surface area (Å²) in [5, 5.41) is 3.02. The van der Waals surface area contributed by atoms with Gasteiger partial charge in [0, 0.05) is 5.56 Å². The maximum absolute atomic E-state index is 12.6. The van der Waals surface area contributed by atoms with E-state index in [9.17, 15) is 4.79 Å². The maximum Gasteiger partial charge on any atom is 0.261 e. The number of rotatable bonds is 7. The summed E-state index contributed by atoms with van der Waals surface area (Å²) in [6.07, 6.45) is 0.0662. The fourth-order valence-corrected chi connectivity index (χ4v) is 2.68. The number of carbonyl (C=O) groups is 1. The number of benzene rings is 2. The number of hydrogen-bond acceptors (Lipinski definition) is 3. The first-order valence-corrected chi connectivity index (χ1v) is 8.63. The molecule has 2 aromatic carbocycles. The Morgan fingerprint density at radius 2 is 1.84 bits per heavy atom. The van der Waals surface area contributed by atoms with Crippen LogP contribution >= 0.6 is 0 Å². The third-order valence-electron chi connectivity index (χ3n) is 4.38. The molecule has 4 heteroatoms. The Morgan fingerprint density at radius 1 is 1.12 bits per heavy atom. The summed E-state index contributed by atoms with van der Waals surface area (Å²) in [6.45, 7) is 7.97. The molecule has 2 rings (SSSR count). The molecule has 0 aromatic heterocycles. The van der Waals surface area contributed by atoms with Crippen molar-refractivity contribution in [1.82, 2.24) is 5.32 Å². The van der Waals surface area contributed by atoms with Crippen LogP contribution in [0.5, 0.6) is 11.5 Å². The van der Waals surface area contributed by atoms with E-state index in [2.05, 4.69) is 12.2 Å². The zero-order valence-corrected chi connectivity index (χ0v) is 15.6. The van der Waals surface area contributed by atoms with Crippen LogP contribution in [0, 0.1) is 13.8 Å². The molecule has 0 spiro atoms. The van der Waals surface area contributed by atoms with Gasteiger partial charge in [0.15, 0.2) is 6.10 Å². The van der Waals surface area contributed by atoms with Gasteiger partial charge in [-0.15, -0.1) is 0 Å². The number of hydrogen-bond donors (Lipinski definition) is 1. The quantitative estimate of drug-likeness (QED) is 0.814. The summed E-state index contributed by atoms with van der Waals surface area (Å²) in [6, 6.07) is 13.4. The number of amides is 1. The minimum absolute atomic E-state index is 0.126. The first-order valence-electron chi connectivity index (χ1n) is 8.63. The van der Waals surface area contributed by atoms with Crippen LogP contribution in [0.2, 0.25) is 0 Å². The maximum atomic E-state index is 12.6. The molecule has 0 fully saturated rings. The first-order chi connectivity index (χ1) is 12.0. The Balaban J connectivity index is 2.07. The van der Waals surface area contributed by atoms with E-state index in [1.165, 1.54) is 5.56 Å². The Labute approximate surface area is 150 Å². The summed E-state index contributed by atoms with van der Waals surface area (Å²) < 4.78 is 11.3. The van der Waals surface area contributed by atoms with Crippen molar-refractivity contribution in [3.63, 3.8) is 0 Å². The molecule has 1 amide bonds. The number of para-hydroxylation sites is 1. The molecule has 0 bridgehead atoms. The van der Waals surface area contributed by atoms with Gasteiger partial charge < -0.3 is 14.8 Å². The molecular formula is C21H27NO3. The molecule has 134 valence electrons. The average molecular weight is 341 g/mol. The molecule has 2 aromatic rings. The van der Waals surface area contributed by atoms with E-state index in [4.69, 9.17) is 9.47 Å². The smallest absolute Gasteiger partial charge is 0.261 e. The third kappa shape index (κ3) is 4.75.